The van der Waals surface area contributed by atoms with Gasteiger partial charge in [0.2, 0.25) is 0 Å². The Hall–Kier alpha value is -0.0800. The molecule has 0 bridgehead atoms. The fourth-order valence-electron chi connectivity index (χ4n) is 3.57. The topological polar surface area (TPSA) is 24.1 Å². The Kier molecular flexibility index (Phi) is 5.11. The second-order valence-corrected chi connectivity index (χ2v) is 5.74. The van der Waals surface area contributed by atoms with Crippen LogP contribution < -0.4 is 10.6 Å². The second kappa shape index (κ2) is 6.61. The Morgan fingerprint density at radius 2 is 1.94 bits per heavy atom. The molecule has 94 valence electrons. The van der Waals surface area contributed by atoms with Gasteiger partial charge in [-0.25, -0.2) is 0 Å². The quantitative estimate of drug-likeness (QED) is 0.767. The third kappa shape index (κ3) is 3.46. The van der Waals surface area contributed by atoms with Crippen LogP contribution in [0, 0.1) is 11.8 Å². The zero-order chi connectivity index (χ0) is 11.2. The van der Waals surface area contributed by atoms with E-state index < -0.39 is 0 Å². The summed E-state index contributed by atoms with van der Waals surface area (Å²) in [4.78, 5) is 0. The number of nitrogens with one attached hydrogen (secondary N) is 2. The van der Waals surface area contributed by atoms with Crippen LogP contribution in [0.3, 0.4) is 0 Å². The van der Waals surface area contributed by atoms with E-state index in [2.05, 4.69) is 17.7 Å². The molecule has 2 aliphatic rings. The standard InChI is InChI=1S/C14H28N2/c1-15-14(13-7-3-2-4-8-13)10-12-6-5-9-16-11-12/h12-16H,2-11H2,1H3. The smallest absolute Gasteiger partial charge is 0.00954 e. The van der Waals surface area contributed by atoms with E-state index >= 15 is 0 Å². The molecule has 1 heterocycles. The molecule has 0 radical (unpaired) electrons. The van der Waals surface area contributed by atoms with Crippen molar-refractivity contribution < 1.29 is 0 Å². The van der Waals surface area contributed by atoms with Crippen molar-refractivity contribution in [3.63, 3.8) is 0 Å². The van der Waals surface area contributed by atoms with Gasteiger partial charge >= 0.3 is 0 Å². The maximum Gasteiger partial charge on any atom is 0.00954 e. The number of piperidine rings is 1. The number of hydrogen-bond donors (Lipinski definition) is 2. The van der Waals surface area contributed by atoms with Crippen molar-refractivity contribution in [2.24, 2.45) is 11.8 Å². The van der Waals surface area contributed by atoms with Gasteiger partial charge in [-0.1, -0.05) is 19.3 Å². The summed E-state index contributed by atoms with van der Waals surface area (Å²) in [5.41, 5.74) is 0. The minimum atomic E-state index is 0.783. The molecule has 1 aliphatic carbocycles. The molecule has 2 nitrogen and oxygen atoms in total. The molecule has 2 N–H and O–H groups in total. The van der Waals surface area contributed by atoms with Crippen molar-refractivity contribution >= 4 is 0 Å². The van der Waals surface area contributed by atoms with Crippen LogP contribution in [0.5, 0.6) is 0 Å². The molecule has 2 heteroatoms. The van der Waals surface area contributed by atoms with E-state index in [1.165, 1.54) is 64.5 Å². The minimum Gasteiger partial charge on any atom is -0.317 e. The molecule has 0 spiro atoms. The molecule has 2 unspecified atom stereocenters. The first-order chi connectivity index (χ1) is 7.90. The fraction of sp³-hybridized carbons (Fsp3) is 1.00. The van der Waals surface area contributed by atoms with Gasteiger partial charge in [0.1, 0.15) is 0 Å². The van der Waals surface area contributed by atoms with Crippen LogP contribution in [0.15, 0.2) is 0 Å². The molecule has 0 aromatic rings. The summed E-state index contributed by atoms with van der Waals surface area (Å²) >= 11 is 0. The largest absolute Gasteiger partial charge is 0.317 e. The van der Waals surface area contributed by atoms with Crippen LogP contribution in [-0.2, 0) is 0 Å². The molecular formula is C14H28N2. The van der Waals surface area contributed by atoms with Gasteiger partial charge in [-0.3, -0.25) is 0 Å². The van der Waals surface area contributed by atoms with Crippen molar-refractivity contribution in [2.45, 2.75) is 57.4 Å². The Morgan fingerprint density at radius 3 is 2.56 bits per heavy atom. The predicted octanol–water partition coefficient (Wildman–Crippen LogP) is 2.54. The van der Waals surface area contributed by atoms with Crippen LogP contribution in [0.25, 0.3) is 0 Å². The summed E-state index contributed by atoms with van der Waals surface area (Å²) in [6.45, 7) is 2.50. The van der Waals surface area contributed by atoms with Crippen molar-refractivity contribution in [3.05, 3.63) is 0 Å². The molecule has 0 aromatic carbocycles. The molecule has 2 fully saturated rings. The van der Waals surface area contributed by atoms with E-state index in [1.807, 2.05) is 0 Å². The van der Waals surface area contributed by atoms with Gasteiger partial charge in [-0.2, -0.15) is 0 Å². The first-order valence-corrected chi connectivity index (χ1v) is 7.28. The summed E-state index contributed by atoms with van der Waals surface area (Å²) in [5.74, 6) is 1.88. The van der Waals surface area contributed by atoms with E-state index in [9.17, 15) is 0 Å². The van der Waals surface area contributed by atoms with Crippen LogP contribution in [0.4, 0.5) is 0 Å². The summed E-state index contributed by atoms with van der Waals surface area (Å²) in [6, 6.07) is 0.783. The molecule has 1 aliphatic heterocycles. The first-order valence-electron chi connectivity index (χ1n) is 7.28. The molecule has 2 atom stereocenters. The molecular weight excluding hydrogens is 196 g/mol. The summed E-state index contributed by atoms with van der Waals surface area (Å²) in [6.07, 6.45) is 11.5. The van der Waals surface area contributed by atoms with Gasteiger partial charge < -0.3 is 10.6 Å². The maximum atomic E-state index is 3.59. The molecule has 0 amide bonds. The highest BCUT2D eigenvalue weighted by molar-refractivity contribution is 4.82. The SMILES string of the molecule is CNC(CC1CCCNC1)C1CCCCC1. The average Bonchev–Trinajstić information content (AvgIpc) is 2.38. The molecule has 2 rings (SSSR count). The lowest BCUT2D eigenvalue weighted by Gasteiger charge is -2.34. The molecule has 1 saturated carbocycles. The number of rotatable bonds is 4. The van der Waals surface area contributed by atoms with Crippen LogP contribution in [-0.4, -0.2) is 26.2 Å². The summed E-state index contributed by atoms with van der Waals surface area (Å²) in [7, 11) is 2.16. The van der Waals surface area contributed by atoms with Crippen molar-refractivity contribution in [2.75, 3.05) is 20.1 Å². The monoisotopic (exact) mass is 224 g/mol. The Balaban J connectivity index is 1.78. The van der Waals surface area contributed by atoms with Crippen molar-refractivity contribution in [1.29, 1.82) is 0 Å². The van der Waals surface area contributed by atoms with Crippen LogP contribution in [0.2, 0.25) is 0 Å². The Bertz CT molecular complexity index is 181. The van der Waals surface area contributed by atoms with Gasteiger partial charge in [0.15, 0.2) is 0 Å². The zero-order valence-corrected chi connectivity index (χ0v) is 10.8. The lowest BCUT2D eigenvalue weighted by Crippen LogP contribution is -2.40. The molecule has 1 saturated heterocycles. The van der Waals surface area contributed by atoms with Crippen LogP contribution in [0.1, 0.15) is 51.4 Å². The molecule has 16 heavy (non-hydrogen) atoms. The lowest BCUT2D eigenvalue weighted by molar-refractivity contribution is 0.225. The Morgan fingerprint density at radius 1 is 1.12 bits per heavy atom. The van der Waals surface area contributed by atoms with Gasteiger partial charge in [0.25, 0.3) is 0 Å². The Labute approximate surface area is 101 Å². The highest BCUT2D eigenvalue weighted by Gasteiger charge is 2.25. The highest BCUT2D eigenvalue weighted by atomic mass is 14.9. The predicted molar refractivity (Wildman–Crippen MR) is 69.6 cm³/mol. The van der Waals surface area contributed by atoms with Gasteiger partial charge in [-0.05, 0) is 64.1 Å². The first kappa shape index (κ1) is 12.4. The summed E-state index contributed by atoms with van der Waals surface area (Å²) in [5, 5.41) is 7.13. The van der Waals surface area contributed by atoms with Gasteiger partial charge in [0, 0.05) is 6.04 Å². The van der Waals surface area contributed by atoms with E-state index in [1.54, 1.807) is 0 Å². The highest BCUT2D eigenvalue weighted by Crippen LogP contribution is 2.30. The van der Waals surface area contributed by atoms with E-state index in [0.29, 0.717) is 0 Å². The third-order valence-corrected chi connectivity index (χ3v) is 4.58. The van der Waals surface area contributed by atoms with E-state index in [0.717, 1.165) is 17.9 Å². The third-order valence-electron chi connectivity index (χ3n) is 4.58. The second-order valence-electron chi connectivity index (χ2n) is 5.74. The van der Waals surface area contributed by atoms with Crippen LogP contribution >= 0.6 is 0 Å². The average molecular weight is 224 g/mol. The summed E-state index contributed by atoms with van der Waals surface area (Å²) < 4.78 is 0. The maximum absolute atomic E-state index is 3.59. The lowest BCUT2D eigenvalue weighted by atomic mass is 9.79. The fourth-order valence-corrected chi connectivity index (χ4v) is 3.57. The molecule has 0 aromatic heterocycles. The van der Waals surface area contributed by atoms with Gasteiger partial charge in [0.05, 0.1) is 0 Å². The zero-order valence-electron chi connectivity index (χ0n) is 10.8. The van der Waals surface area contributed by atoms with Crippen molar-refractivity contribution in [3.8, 4) is 0 Å². The minimum absolute atomic E-state index is 0.783. The van der Waals surface area contributed by atoms with Gasteiger partial charge in [-0.15, -0.1) is 0 Å². The normalized spacial score (nSPS) is 30.2. The number of hydrogen-bond acceptors (Lipinski definition) is 2. The van der Waals surface area contributed by atoms with E-state index in [-0.39, 0.29) is 0 Å². The van der Waals surface area contributed by atoms with Crippen molar-refractivity contribution in [1.82, 2.24) is 10.6 Å². The van der Waals surface area contributed by atoms with E-state index in [4.69, 9.17) is 0 Å².